The Morgan fingerprint density at radius 2 is 1.70 bits per heavy atom. The fourth-order valence-electron chi connectivity index (χ4n) is 7.29. The van der Waals surface area contributed by atoms with Crippen LogP contribution in [0.2, 0.25) is 0 Å². The lowest BCUT2D eigenvalue weighted by molar-refractivity contribution is -0.00885. The molecule has 0 aromatic heterocycles. The Morgan fingerprint density at radius 3 is 2.53 bits per heavy atom. The van der Waals surface area contributed by atoms with Gasteiger partial charge in [0.05, 0.1) is 5.37 Å². The smallest absolute Gasteiger partial charge is 0.164 e. The lowest BCUT2D eigenvalue weighted by Gasteiger charge is -2.48. The predicted octanol–water partition coefficient (Wildman–Crippen LogP) is 3.75. The number of thioether (sulfide) groups is 1. The van der Waals surface area contributed by atoms with Crippen LogP contribution in [-0.2, 0) is 0 Å². The number of alkyl halides is 3. The second kappa shape index (κ2) is 8.95. The van der Waals surface area contributed by atoms with Crippen LogP contribution in [0.3, 0.4) is 0 Å². The molecule has 5 fully saturated rings. The number of hydrogen-bond donors (Lipinski definition) is 3. The summed E-state index contributed by atoms with van der Waals surface area (Å²) in [6.07, 6.45) is 3.89. The van der Waals surface area contributed by atoms with Crippen LogP contribution in [0.15, 0.2) is 12.7 Å². The molecule has 2 aliphatic carbocycles. The van der Waals surface area contributed by atoms with Crippen LogP contribution in [0.1, 0.15) is 44.9 Å². The van der Waals surface area contributed by atoms with Crippen LogP contribution in [0, 0.1) is 23.7 Å². The highest BCUT2D eigenvalue weighted by Gasteiger charge is 2.54. The molecule has 5 aliphatic rings. The van der Waals surface area contributed by atoms with E-state index in [9.17, 15) is 13.2 Å². The van der Waals surface area contributed by atoms with E-state index in [1.807, 2.05) is 6.08 Å². The van der Waals surface area contributed by atoms with Crippen molar-refractivity contribution in [3.05, 3.63) is 12.7 Å². The van der Waals surface area contributed by atoms with Gasteiger partial charge in [-0.2, -0.15) is 0 Å². The summed E-state index contributed by atoms with van der Waals surface area (Å²) in [4.78, 5) is 0. The molecule has 30 heavy (non-hydrogen) atoms. The minimum absolute atomic E-state index is 0.0929. The molecule has 170 valence electrons. The zero-order valence-electron chi connectivity index (χ0n) is 17.6. The van der Waals surface area contributed by atoms with Crippen molar-refractivity contribution < 1.29 is 13.2 Å². The van der Waals surface area contributed by atoms with Gasteiger partial charge in [0.1, 0.15) is 12.3 Å². The maximum Gasteiger partial charge on any atom is 0.164 e. The van der Waals surface area contributed by atoms with E-state index in [1.54, 1.807) is 0 Å². The van der Waals surface area contributed by atoms with E-state index in [1.165, 1.54) is 25.7 Å². The molecule has 3 aliphatic heterocycles. The molecule has 2 saturated carbocycles. The van der Waals surface area contributed by atoms with Gasteiger partial charge in [0.25, 0.3) is 0 Å². The standard InChI is InChI=1S/C23H36F3N3S/c1-2-4-20-27-11-19(30-20)13-5-3-6-17-12(13)7-8-18(29-17)15-10-28-23-14(15)9-16(24)21(25)22(23)26/h2,12-23,27-29H,1,3-11H2. The SMILES string of the molecule is C=CCC1NCC(C2CCCC3NC(C4CNC5C(F)C(F)C(F)CC45)CCC32)S1. The molecule has 5 rings (SSSR count). The van der Waals surface area contributed by atoms with Gasteiger partial charge in [-0.15, -0.1) is 18.3 Å². The Bertz CT molecular complexity index is 625. The minimum Gasteiger partial charge on any atom is -0.311 e. The largest absolute Gasteiger partial charge is 0.311 e. The van der Waals surface area contributed by atoms with Crippen molar-refractivity contribution in [1.29, 1.82) is 0 Å². The topological polar surface area (TPSA) is 36.1 Å². The first kappa shape index (κ1) is 21.6. The summed E-state index contributed by atoms with van der Waals surface area (Å²) in [7, 11) is 0. The molecule has 3 saturated heterocycles. The van der Waals surface area contributed by atoms with Crippen molar-refractivity contribution in [3.63, 3.8) is 0 Å². The van der Waals surface area contributed by atoms with E-state index in [0.717, 1.165) is 25.3 Å². The first-order valence-electron chi connectivity index (χ1n) is 12.0. The fourth-order valence-corrected chi connectivity index (χ4v) is 8.88. The van der Waals surface area contributed by atoms with Crippen LogP contribution in [0.4, 0.5) is 13.2 Å². The van der Waals surface area contributed by atoms with Gasteiger partial charge in [0, 0.05) is 36.5 Å². The average Bonchev–Trinajstić information content (AvgIpc) is 3.39. The van der Waals surface area contributed by atoms with Gasteiger partial charge in [-0.3, -0.25) is 0 Å². The van der Waals surface area contributed by atoms with Gasteiger partial charge in [0.2, 0.25) is 0 Å². The Balaban J connectivity index is 1.22. The number of fused-ring (bicyclic) bond motifs is 2. The van der Waals surface area contributed by atoms with E-state index >= 15 is 0 Å². The van der Waals surface area contributed by atoms with Crippen molar-refractivity contribution in [2.75, 3.05) is 13.1 Å². The van der Waals surface area contributed by atoms with Crippen molar-refractivity contribution in [1.82, 2.24) is 16.0 Å². The molecule has 0 aromatic carbocycles. The highest BCUT2D eigenvalue weighted by atomic mass is 32.2. The van der Waals surface area contributed by atoms with Crippen molar-refractivity contribution in [3.8, 4) is 0 Å². The highest BCUT2D eigenvalue weighted by molar-refractivity contribution is 8.00. The van der Waals surface area contributed by atoms with Gasteiger partial charge in [-0.1, -0.05) is 12.5 Å². The summed E-state index contributed by atoms with van der Waals surface area (Å²) in [6.45, 7) is 5.65. The molecular formula is C23H36F3N3S. The fraction of sp³-hybridized carbons (Fsp3) is 0.913. The Morgan fingerprint density at radius 1 is 0.867 bits per heavy atom. The van der Waals surface area contributed by atoms with E-state index in [2.05, 4.69) is 34.3 Å². The van der Waals surface area contributed by atoms with E-state index < -0.39 is 24.6 Å². The van der Waals surface area contributed by atoms with Gasteiger partial charge in [0.15, 0.2) is 6.17 Å². The molecule has 3 heterocycles. The van der Waals surface area contributed by atoms with Gasteiger partial charge in [-0.25, -0.2) is 13.2 Å². The van der Waals surface area contributed by atoms with E-state index in [0.29, 0.717) is 35.2 Å². The number of nitrogens with one attached hydrogen (secondary N) is 3. The van der Waals surface area contributed by atoms with Crippen molar-refractivity contribution in [2.24, 2.45) is 23.7 Å². The van der Waals surface area contributed by atoms with E-state index in [-0.39, 0.29) is 18.3 Å². The molecule has 12 unspecified atom stereocenters. The first-order valence-corrected chi connectivity index (χ1v) is 12.9. The zero-order chi connectivity index (χ0) is 20.8. The summed E-state index contributed by atoms with van der Waals surface area (Å²) in [5, 5.41) is 12.0. The molecule has 12 atom stereocenters. The summed E-state index contributed by atoms with van der Waals surface area (Å²) >= 11 is 2.10. The Labute approximate surface area is 182 Å². The van der Waals surface area contributed by atoms with E-state index in [4.69, 9.17) is 0 Å². The predicted molar refractivity (Wildman–Crippen MR) is 117 cm³/mol. The van der Waals surface area contributed by atoms with Crippen LogP contribution in [-0.4, -0.2) is 60.4 Å². The maximum absolute atomic E-state index is 14.4. The lowest BCUT2D eigenvalue weighted by Crippen LogP contribution is -2.57. The summed E-state index contributed by atoms with van der Waals surface area (Å²) < 4.78 is 42.3. The summed E-state index contributed by atoms with van der Waals surface area (Å²) in [5.41, 5.74) is 0. The summed E-state index contributed by atoms with van der Waals surface area (Å²) in [6, 6.07) is 0.296. The van der Waals surface area contributed by atoms with Crippen LogP contribution in [0.25, 0.3) is 0 Å². The molecule has 0 amide bonds. The van der Waals surface area contributed by atoms with Crippen LogP contribution >= 0.6 is 11.8 Å². The highest BCUT2D eigenvalue weighted by Crippen LogP contribution is 2.47. The minimum atomic E-state index is -1.97. The maximum atomic E-state index is 14.4. The van der Waals surface area contributed by atoms with Gasteiger partial charge in [-0.05, 0) is 62.2 Å². The third-order valence-corrected chi connectivity index (χ3v) is 10.3. The molecule has 0 spiro atoms. The molecule has 3 nitrogen and oxygen atoms in total. The zero-order valence-corrected chi connectivity index (χ0v) is 18.4. The lowest BCUT2D eigenvalue weighted by atomic mass is 9.66. The normalized spacial score (nSPS) is 53.8. The average molecular weight is 444 g/mol. The third kappa shape index (κ3) is 3.86. The van der Waals surface area contributed by atoms with Crippen molar-refractivity contribution in [2.45, 2.75) is 92.2 Å². The summed E-state index contributed by atoms with van der Waals surface area (Å²) in [5.74, 6) is 1.56. The van der Waals surface area contributed by atoms with Crippen molar-refractivity contribution >= 4 is 11.8 Å². The van der Waals surface area contributed by atoms with Crippen LogP contribution in [0.5, 0.6) is 0 Å². The first-order chi connectivity index (χ1) is 14.6. The molecule has 0 radical (unpaired) electrons. The quantitative estimate of drug-likeness (QED) is 0.579. The second-order valence-electron chi connectivity index (χ2n) is 10.2. The van der Waals surface area contributed by atoms with Crippen LogP contribution < -0.4 is 16.0 Å². The van der Waals surface area contributed by atoms with Gasteiger partial charge < -0.3 is 16.0 Å². The number of hydrogen-bond acceptors (Lipinski definition) is 4. The molecule has 7 heteroatoms. The Hall–Kier alpha value is -0.240. The number of piperidine rings is 1. The number of halogens is 3. The second-order valence-corrected chi connectivity index (χ2v) is 11.7. The third-order valence-electron chi connectivity index (χ3n) is 8.71. The number of rotatable bonds is 4. The molecule has 3 N–H and O–H groups in total. The monoisotopic (exact) mass is 443 g/mol. The molecule has 0 bridgehead atoms. The molecule has 0 aromatic rings. The molecular weight excluding hydrogens is 407 g/mol. The van der Waals surface area contributed by atoms with Gasteiger partial charge >= 0.3 is 0 Å². The Kier molecular flexibility index (Phi) is 6.44.